The number of alkyl halides is 1. The second-order valence-electron chi connectivity index (χ2n) is 8.11. The molecule has 0 N–H and O–H groups in total. The summed E-state index contributed by atoms with van der Waals surface area (Å²) in [4.78, 5) is 0.561. The summed E-state index contributed by atoms with van der Waals surface area (Å²) in [6, 6.07) is 10.8. The van der Waals surface area contributed by atoms with Crippen molar-refractivity contribution in [2.24, 2.45) is 0 Å². The van der Waals surface area contributed by atoms with Crippen LogP contribution in [0.4, 0.5) is 0 Å². The molecule has 2 saturated heterocycles. The third-order valence-corrected chi connectivity index (χ3v) is 6.65. The van der Waals surface area contributed by atoms with Gasteiger partial charge in [-0.05, 0) is 56.9 Å². The van der Waals surface area contributed by atoms with E-state index in [0.717, 1.165) is 25.7 Å². The summed E-state index contributed by atoms with van der Waals surface area (Å²) in [5.41, 5.74) is 1.41. The Labute approximate surface area is 168 Å². The van der Waals surface area contributed by atoms with Gasteiger partial charge in [0.05, 0.1) is 24.4 Å². The van der Waals surface area contributed by atoms with Crippen molar-refractivity contribution in [3.8, 4) is 0 Å². The molecule has 146 valence electrons. The van der Waals surface area contributed by atoms with Gasteiger partial charge >= 0.3 is 0 Å². The van der Waals surface area contributed by atoms with Crippen LogP contribution in [0.25, 0.3) is 0 Å². The van der Waals surface area contributed by atoms with E-state index < -0.39 is 0 Å². The van der Waals surface area contributed by atoms with E-state index in [1.807, 2.05) is 0 Å². The monoisotopic (exact) mass is 422 g/mol. The van der Waals surface area contributed by atoms with Gasteiger partial charge in [0.15, 0.2) is 0 Å². The Bertz CT molecular complexity index is 506. The summed E-state index contributed by atoms with van der Waals surface area (Å²) in [6.45, 7) is 2.27. The van der Waals surface area contributed by atoms with Crippen LogP contribution in [-0.2, 0) is 15.9 Å². The van der Waals surface area contributed by atoms with Crippen LogP contribution in [0.3, 0.4) is 0 Å². The number of hydrogen-bond donors (Lipinski definition) is 0. The summed E-state index contributed by atoms with van der Waals surface area (Å²) in [5.74, 6) is 0. The first kappa shape index (κ1) is 20.4. The van der Waals surface area contributed by atoms with E-state index in [2.05, 4.69) is 53.2 Å². The van der Waals surface area contributed by atoms with Crippen molar-refractivity contribution in [2.75, 3.05) is 0 Å². The van der Waals surface area contributed by atoms with Gasteiger partial charge in [0.2, 0.25) is 0 Å². The molecule has 0 amide bonds. The third kappa shape index (κ3) is 6.35. The predicted octanol–water partition coefficient (Wildman–Crippen LogP) is 6.45. The minimum Gasteiger partial charge on any atom is -0.372 e. The van der Waals surface area contributed by atoms with E-state index in [1.165, 1.54) is 50.5 Å². The Morgan fingerprint density at radius 3 is 2.54 bits per heavy atom. The summed E-state index contributed by atoms with van der Waals surface area (Å²) in [7, 11) is 0. The maximum Gasteiger partial charge on any atom is 0.0851 e. The zero-order valence-electron chi connectivity index (χ0n) is 16.2. The summed E-state index contributed by atoms with van der Waals surface area (Å²) >= 11 is 3.89. The highest BCUT2D eigenvalue weighted by Gasteiger charge is 2.36. The van der Waals surface area contributed by atoms with Gasteiger partial charge < -0.3 is 9.47 Å². The lowest BCUT2D eigenvalue weighted by molar-refractivity contribution is -0.159. The Morgan fingerprint density at radius 1 is 0.923 bits per heavy atom. The van der Waals surface area contributed by atoms with E-state index >= 15 is 0 Å². The third-order valence-electron chi connectivity index (χ3n) is 5.90. The first-order valence-electron chi connectivity index (χ1n) is 10.7. The van der Waals surface area contributed by atoms with Crippen LogP contribution in [0.2, 0.25) is 0 Å². The van der Waals surface area contributed by atoms with Crippen molar-refractivity contribution in [3.63, 3.8) is 0 Å². The van der Waals surface area contributed by atoms with Crippen LogP contribution >= 0.6 is 15.9 Å². The molecule has 0 aliphatic carbocycles. The fourth-order valence-electron chi connectivity index (χ4n) is 4.43. The Morgan fingerprint density at radius 2 is 1.73 bits per heavy atom. The number of ether oxygens (including phenoxy) is 2. The standard InChI is InChI=1S/C23H35BrO2/c1-2-3-5-11-20-12-8-13-22(25-20)23-17-19(24)16-21(26-23)15-14-18-9-6-4-7-10-18/h4,6-7,9-10,19-23H,2-3,5,8,11-17H2,1H3/t19-,20+,21+,22-,23+/m1/s1. The predicted molar refractivity (Wildman–Crippen MR) is 112 cm³/mol. The van der Waals surface area contributed by atoms with E-state index in [4.69, 9.17) is 9.47 Å². The number of rotatable bonds is 8. The SMILES string of the molecule is CCCCC[C@H]1CCC[C@H]([C@@H]2C[C@H](Br)C[C@H](CCc3ccccc3)O2)O1. The van der Waals surface area contributed by atoms with Gasteiger partial charge in [-0.2, -0.15) is 0 Å². The molecule has 26 heavy (non-hydrogen) atoms. The average molecular weight is 423 g/mol. The highest BCUT2D eigenvalue weighted by molar-refractivity contribution is 9.09. The molecule has 0 aromatic heterocycles. The van der Waals surface area contributed by atoms with Gasteiger partial charge in [-0.15, -0.1) is 0 Å². The minimum absolute atomic E-state index is 0.267. The molecule has 2 aliphatic rings. The summed E-state index contributed by atoms with van der Waals surface area (Å²) < 4.78 is 13.0. The van der Waals surface area contributed by atoms with Gasteiger partial charge in [0.25, 0.3) is 0 Å². The summed E-state index contributed by atoms with van der Waals surface area (Å²) in [5, 5.41) is 0. The zero-order valence-corrected chi connectivity index (χ0v) is 17.8. The van der Waals surface area contributed by atoms with E-state index in [9.17, 15) is 0 Å². The molecule has 0 saturated carbocycles. The average Bonchev–Trinajstić information content (AvgIpc) is 2.67. The van der Waals surface area contributed by atoms with Crippen molar-refractivity contribution in [2.45, 2.75) is 107 Å². The number of hydrogen-bond acceptors (Lipinski definition) is 2. The van der Waals surface area contributed by atoms with Crippen LogP contribution < -0.4 is 0 Å². The van der Waals surface area contributed by atoms with Crippen molar-refractivity contribution >= 4 is 15.9 Å². The normalized spacial score (nSPS) is 32.5. The molecule has 0 spiro atoms. The van der Waals surface area contributed by atoms with Crippen molar-refractivity contribution in [3.05, 3.63) is 35.9 Å². The highest BCUT2D eigenvalue weighted by Crippen LogP contribution is 2.34. The molecule has 1 aromatic carbocycles. The molecule has 2 heterocycles. The fourth-order valence-corrected chi connectivity index (χ4v) is 5.21. The second kappa shape index (κ2) is 10.8. The number of aryl methyl sites for hydroxylation is 1. The van der Waals surface area contributed by atoms with Crippen LogP contribution in [0, 0.1) is 0 Å². The van der Waals surface area contributed by atoms with Crippen molar-refractivity contribution < 1.29 is 9.47 Å². The first-order chi connectivity index (χ1) is 12.7. The number of benzene rings is 1. The molecule has 0 radical (unpaired) electrons. The minimum atomic E-state index is 0.267. The number of halogens is 1. The van der Waals surface area contributed by atoms with Gasteiger partial charge in [-0.25, -0.2) is 0 Å². The van der Waals surface area contributed by atoms with Gasteiger partial charge in [0, 0.05) is 4.83 Å². The topological polar surface area (TPSA) is 18.5 Å². The first-order valence-corrected chi connectivity index (χ1v) is 11.6. The smallest absolute Gasteiger partial charge is 0.0851 e. The molecule has 2 fully saturated rings. The van der Waals surface area contributed by atoms with E-state index in [1.54, 1.807) is 0 Å². The molecule has 0 unspecified atom stereocenters. The largest absolute Gasteiger partial charge is 0.372 e. The lowest BCUT2D eigenvalue weighted by Crippen LogP contribution is -2.44. The van der Waals surface area contributed by atoms with E-state index in [-0.39, 0.29) is 6.10 Å². The Balaban J connectivity index is 1.49. The summed E-state index contributed by atoms with van der Waals surface area (Å²) in [6.07, 6.45) is 14.6. The van der Waals surface area contributed by atoms with Crippen molar-refractivity contribution in [1.82, 2.24) is 0 Å². The molecule has 2 nitrogen and oxygen atoms in total. The Kier molecular flexibility index (Phi) is 8.48. The highest BCUT2D eigenvalue weighted by atomic mass is 79.9. The maximum atomic E-state index is 6.54. The van der Waals surface area contributed by atoms with E-state index in [0.29, 0.717) is 23.1 Å². The van der Waals surface area contributed by atoms with Crippen LogP contribution in [-0.4, -0.2) is 29.2 Å². The molecule has 2 aliphatic heterocycles. The fraction of sp³-hybridized carbons (Fsp3) is 0.739. The number of unbranched alkanes of at least 4 members (excludes halogenated alkanes) is 2. The molecule has 0 bridgehead atoms. The van der Waals surface area contributed by atoms with Gasteiger partial charge in [-0.1, -0.05) is 72.4 Å². The van der Waals surface area contributed by atoms with Crippen LogP contribution in [0.1, 0.15) is 76.7 Å². The van der Waals surface area contributed by atoms with Crippen LogP contribution in [0.15, 0.2) is 30.3 Å². The lowest BCUT2D eigenvalue weighted by atomic mass is 9.92. The quantitative estimate of drug-likeness (QED) is 0.353. The van der Waals surface area contributed by atoms with Gasteiger partial charge in [0.1, 0.15) is 0 Å². The Hall–Kier alpha value is -0.380. The molecule has 3 heteroatoms. The van der Waals surface area contributed by atoms with Crippen LogP contribution in [0.5, 0.6) is 0 Å². The molecule has 3 rings (SSSR count). The molecular formula is C23H35BrO2. The lowest BCUT2D eigenvalue weighted by Gasteiger charge is -2.41. The molecule has 5 atom stereocenters. The maximum absolute atomic E-state index is 6.54. The van der Waals surface area contributed by atoms with Gasteiger partial charge in [-0.3, -0.25) is 0 Å². The zero-order chi connectivity index (χ0) is 18.2. The second-order valence-corrected chi connectivity index (χ2v) is 9.41. The molecule has 1 aromatic rings. The van der Waals surface area contributed by atoms with Crippen molar-refractivity contribution in [1.29, 1.82) is 0 Å². The molecular weight excluding hydrogens is 388 g/mol.